The molecule has 3 rings (SSSR count). The Morgan fingerprint density at radius 1 is 1.00 bits per heavy atom. The fourth-order valence-corrected chi connectivity index (χ4v) is 2.58. The maximum Gasteiger partial charge on any atom is 0.270 e. The van der Waals surface area contributed by atoms with Crippen molar-refractivity contribution in [1.29, 1.82) is 0 Å². The van der Waals surface area contributed by atoms with Gasteiger partial charge in [-0.15, -0.1) is 0 Å². The molecular formula is C22H25N5O2. The molecule has 0 aliphatic heterocycles. The first-order valence-corrected chi connectivity index (χ1v) is 9.38. The van der Waals surface area contributed by atoms with Crippen molar-refractivity contribution < 1.29 is 9.53 Å². The number of benzene rings is 2. The van der Waals surface area contributed by atoms with Gasteiger partial charge in [-0.3, -0.25) is 4.79 Å². The molecule has 0 saturated heterocycles. The molecule has 0 aliphatic rings. The van der Waals surface area contributed by atoms with Gasteiger partial charge in [0.25, 0.3) is 5.91 Å². The predicted molar refractivity (Wildman–Crippen MR) is 114 cm³/mol. The molecule has 0 saturated carbocycles. The molecule has 7 nitrogen and oxygen atoms in total. The highest BCUT2D eigenvalue weighted by Gasteiger charge is 2.11. The van der Waals surface area contributed by atoms with E-state index >= 15 is 0 Å². The maximum absolute atomic E-state index is 12.3. The second kappa shape index (κ2) is 9.66. The second-order valence-corrected chi connectivity index (χ2v) is 6.84. The van der Waals surface area contributed by atoms with Gasteiger partial charge in [0.15, 0.2) is 0 Å². The van der Waals surface area contributed by atoms with Crippen LogP contribution in [0.15, 0.2) is 60.7 Å². The zero-order valence-electron chi connectivity index (χ0n) is 16.8. The highest BCUT2D eigenvalue weighted by molar-refractivity contribution is 5.92. The van der Waals surface area contributed by atoms with E-state index in [9.17, 15) is 4.79 Å². The summed E-state index contributed by atoms with van der Waals surface area (Å²) in [5.74, 6) is 1.67. The quantitative estimate of drug-likeness (QED) is 0.611. The molecule has 1 amide bonds. The fourth-order valence-electron chi connectivity index (χ4n) is 2.58. The van der Waals surface area contributed by atoms with Crippen LogP contribution in [0.1, 0.15) is 16.2 Å². The van der Waals surface area contributed by atoms with Crippen molar-refractivity contribution in [2.45, 2.75) is 6.92 Å². The normalized spacial score (nSPS) is 10.6. The Morgan fingerprint density at radius 3 is 2.38 bits per heavy atom. The number of nitrogens with one attached hydrogen (secondary N) is 2. The first-order chi connectivity index (χ1) is 14.0. The standard InChI is InChI=1S/C22H25N5O2/c1-16-15-20(21(28)23-13-14-27(2)3)26-22(24-16)25-17-9-11-19(12-10-17)29-18-7-5-4-6-8-18/h4-12,15H,13-14H2,1-3H3,(H,23,28)(H,24,25,26). The third-order valence-corrected chi connectivity index (χ3v) is 4.02. The molecule has 0 aliphatic carbocycles. The number of hydrogen-bond donors (Lipinski definition) is 2. The van der Waals surface area contributed by atoms with Crippen molar-refractivity contribution in [3.8, 4) is 11.5 Å². The lowest BCUT2D eigenvalue weighted by Gasteiger charge is -2.11. The van der Waals surface area contributed by atoms with Gasteiger partial charge >= 0.3 is 0 Å². The summed E-state index contributed by atoms with van der Waals surface area (Å²) in [7, 11) is 3.92. The number of likely N-dealkylation sites (N-methyl/N-ethyl adjacent to an activating group) is 1. The van der Waals surface area contributed by atoms with Crippen LogP contribution in [0.5, 0.6) is 11.5 Å². The number of nitrogens with zero attached hydrogens (tertiary/aromatic N) is 3. The summed E-state index contributed by atoms with van der Waals surface area (Å²) < 4.78 is 5.79. The van der Waals surface area contributed by atoms with Gasteiger partial charge in [-0.1, -0.05) is 18.2 Å². The van der Waals surface area contributed by atoms with Crippen LogP contribution in [0.3, 0.4) is 0 Å². The summed E-state index contributed by atoms with van der Waals surface area (Å²) in [6.07, 6.45) is 0. The lowest BCUT2D eigenvalue weighted by atomic mass is 10.3. The summed E-state index contributed by atoms with van der Waals surface area (Å²) in [5.41, 5.74) is 1.85. The Labute approximate surface area is 170 Å². The van der Waals surface area contributed by atoms with Crippen molar-refractivity contribution in [2.75, 3.05) is 32.5 Å². The molecule has 0 fully saturated rings. The van der Waals surface area contributed by atoms with Crippen LogP contribution in [-0.2, 0) is 0 Å². The zero-order chi connectivity index (χ0) is 20.6. The first kappa shape index (κ1) is 20.3. The van der Waals surface area contributed by atoms with Crippen LogP contribution in [0, 0.1) is 6.92 Å². The lowest BCUT2D eigenvalue weighted by Crippen LogP contribution is -2.32. The second-order valence-electron chi connectivity index (χ2n) is 6.84. The molecule has 0 radical (unpaired) electrons. The smallest absolute Gasteiger partial charge is 0.270 e. The Kier molecular flexibility index (Phi) is 6.76. The lowest BCUT2D eigenvalue weighted by molar-refractivity contribution is 0.0946. The van der Waals surface area contributed by atoms with Gasteiger partial charge in [-0.25, -0.2) is 9.97 Å². The van der Waals surface area contributed by atoms with E-state index in [0.717, 1.165) is 23.7 Å². The molecule has 3 aromatic rings. The van der Waals surface area contributed by atoms with Crippen molar-refractivity contribution in [2.24, 2.45) is 0 Å². The molecular weight excluding hydrogens is 366 g/mol. The number of aromatic nitrogens is 2. The van der Waals surface area contributed by atoms with Crippen LogP contribution in [0.25, 0.3) is 0 Å². The van der Waals surface area contributed by atoms with Gasteiger partial charge in [0.2, 0.25) is 5.95 Å². The zero-order valence-corrected chi connectivity index (χ0v) is 16.8. The molecule has 0 bridgehead atoms. The average molecular weight is 391 g/mol. The number of ether oxygens (including phenoxy) is 1. The molecule has 0 spiro atoms. The van der Waals surface area contributed by atoms with E-state index in [1.54, 1.807) is 6.07 Å². The third-order valence-electron chi connectivity index (χ3n) is 4.02. The number of carbonyl (C=O) groups excluding carboxylic acids is 1. The Morgan fingerprint density at radius 2 is 1.69 bits per heavy atom. The van der Waals surface area contributed by atoms with Crippen LogP contribution < -0.4 is 15.4 Å². The predicted octanol–water partition coefficient (Wildman–Crippen LogP) is 3.61. The minimum atomic E-state index is -0.216. The summed E-state index contributed by atoms with van der Waals surface area (Å²) in [6, 6.07) is 18.7. The van der Waals surface area contributed by atoms with Crippen LogP contribution in [0.2, 0.25) is 0 Å². The molecule has 2 N–H and O–H groups in total. The maximum atomic E-state index is 12.3. The average Bonchev–Trinajstić information content (AvgIpc) is 2.69. The third kappa shape index (κ3) is 6.29. The molecule has 1 heterocycles. The Bertz CT molecular complexity index is 943. The van der Waals surface area contributed by atoms with E-state index in [2.05, 4.69) is 20.6 Å². The van der Waals surface area contributed by atoms with Crippen molar-refractivity contribution in [1.82, 2.24) is 20.2 Å². The number of anilines is 2. The first-order valence-electron chi connectivity index (χ1n) is 9.38. The monoisotopic (exact) mass is 391 g/mol. The van der Waals surface area contributed by atoms with Crippen molar-refractivity contribution in [3.05, 3.63) is 72.1 Å². The molecule has 7 heteroatoms. The van der Waals surface area contributed by atoms with E-state index in [-0.39, 0.29) is 5.91 Å². The summed E-state index contributed by atoms with van der Waals surface area (Å²) in [4.78, 5) is 23.0. The topological polar surface area (TPSA) is 79.4 Å². The highest BCUT2D eigenvalue weighted by atomic mass is 16.5. The Balaban J connectivity index is 1.65. The minimum absolute atomic E-state index is 0.216. The van der Waals surface area contributed by atoms with E-state index in [4.69, 9.17) is 4.74 Å². The van der Waals surface area contributed by atoms with E-state index in [1.807, 2.05) is 80.5 Å². The SMILES string of the molecule is Cc1cc(C(=O)NCCN(C)C)nc(Nc2ccc(Oc3ccccc3)cc2)n1. The van der Waals surface area contributed by atoms with Gasteiger partial charge in [-0.2, -0.15) is 0 Å². The fraction of sp³-hybridized carbons (Fsp3) is 0.227. The molecule has 1 aromatic heterocycles. The number of hydrogen-bond acceptors (Lipinski definition) is 6. The van der Waals surface area contributed by atoms with E-state index in [1.165, 1.54) is 0 Å². The Hall–Kier alpha value is -3.45. The van der Waals surface area contributed by atoms with E-state index in [0.29, 0.717) is 23.9 Å². The summed E-state index contributed by atoms with van der Waals surface area (Å²) in [5, 5.41) is 6.00. The van der Waals surface area contributed by atoms with Crippen molar-refractivity contribution >= 4 is 17.5 Å². The van der Waals surface area contributed by atoms with Gasteiger partial charge in [0, 0.05) is 24.5 Å². The van der Waals surface area contributed by atoms with Gasteiger partial charge in [0.1, 0.15) is 17.2 Å². The van der Waals surface area contributed by atoms with Gasteiger partial charge in [-0.05, 0) is 63.5 Å². The van der Waals surface area contributed by atoms with Crippen molar-refractivity contribution in [3.63, 3.8) is 0 Å². The minimum Gasteiger partial charge on any atom is -0.457 e. The van der Waals surface area contributed by atoms with Crippen LogP contribution in [0.4, 0.5) is 11.6 Å². The molecule has 150 valence electrons. The van der Waals surface area contributed by atoms with E-state index < -0.39 is 0 Å². The molecule has 0 atom stereocenters. The molecule has 2 aromatic carbocycles. The number of para-hydroxylation sites is 1. The highest BCUT2D eigenvalue weighted by Crippen LogP contribution is 2.23. The number of amides is 1. The van der Waals surface area contributed by atoms with Gasteiger partial charge in [0.05, 0.1) is 0 Å². The number of rotatable bonds is 8. The summed E-state index contributed by atoms with van der Waals surface area (Å²) in [6.45, 7) is 3.15. The number of aryl methyl sites for hydroxylation is 1. The number of carbonyl (C=O) groups is 1. The van der Waals surface area contributed by atoms with Gasteiger partial charge < -0.3 is 20.3 Å². The largest absolute Gasteiger partial charge is 0.457 e. The molecule has 0 unspecified atom stereocenters. The summed E-state index contributed by atoms with van der Waals surface area (Å²) >= 11 is 0. The van der Waals surface area contributed by atoms with Crippen LogP contribution >= 0.6 is 0 Å². The van der Waals surface area contributed by atoms with Crippen LogP contribution in [-0.4, -0.2) is 48.0 Å². The molecule has 29 heavy (non-hydrogen) atoms.